The number of benzene rings is 1. The molecule has 2 heterocycles. The SMILES string of the molecule is CCOc1ccc(NC(=O)C(C)N2CCN(Cc3csc(C)n3)CC2)cc1. The van der Waals surface area contributed by atoms with Gasteiger partial charge in [-0.1, -0.05) is 0 Å². The average Bonchev–Trinajstić information content (AvgIpc) is 3.08. The van der Waals surface area contributed by atoms with E-state index in [9.17, 15) is 4.79 Å². The van der Waals surface area contributed by atoms with Gasteiger partial charge in [-0.3, -0.25) is 14.6 Å². The van der Waals surface area contributed by atoms with E-state index in [1.54, 1.807) is 11.3 Å². The van der Waals surface area contributed by atoms with Crippen molar-refractivity contribution in [2.24, 2.45) is 0 Å². The summed E-state index contributed by atoms with van der Waals surface area (Å²) in [6.07, 6.45) is 0. The van der Waals surface area contributed by atoms with Gasteiger partial charge in [0.25, 0.3) is 0 Å². The van der Waals surface area contributed by atoms with E-state index in [1.807, 2.05) is 45.0 Å². The molecule has 1 N–H and O–H groups in total. The number of thiazole rings is 1. The first-order chi connectivity index (χ1) is 13.0. The van der Waals surface area contributed by atoms with Crippen LogP contribution < -0.4 is 10.1 Å². The van der Waals surface area contributed by atoms with E-state index < -0.39 is 0 Å². The molecule has 0 radical (unpaired) electrons. The molecule has 1 fully saturated rings. The van der Waals surface area contributed by atoms with E-state index in [0.717, 1.165) is 54.9 Å². The van der Waals surface area contributed by atoms with Crippen LogP contribution in [0.15, 0.2) is 29.6 Å². The maximum absolute atomic E-state index is 12.6. The molecule has 1 amide bonds. The van der Waals surface area contributed by atoms with E-state index in [-0.39, 0.29) is 11.9 Å². The zero-order valence-electron chi connectivity index (χ0n) is 16.3. The third-order valence-electron chi connectivity index (χ3n) is 4.82. The van der Waals surface area contributed by atoms with Crippen LogP contribution in [0.25, 0.3) is 0 Å². The number of hydrogen-bond donors (Lipinski definition) is 1. The van der Waals surface area contributed by atoms with Gasteiger partial charge in [-0.25, -0.2) is 4.98 Å². The molecular weight excluding hydrogens is 360 g/mol. The number of aryl methyl sites for hydroxylation is 1. The maximum Gasteiger partial charge on any atom is 0.241 e. The minimum atomic E-state index is -0.153. The van der Waals surface area contributed by atoms with E-state index in [4.69, 9.17) is 4.74 Å². The molecule has 1 atom stereocenters. The van der Waals surface area contributed by atoms with Crippen molar-refractivity contribution in [3.8, 4) is 5.75 Å². The van der Waals surface area contributed by atoms with E-state index in [2.05, 4.69) is 25.5 Å². The van der Waals surface area contributed by atoms with E-state index >= 15 is 0 Å². The Morgan fingerprint density at radius 1 is 1.26 bits per heavy atom. The van der Waals surface area contributed by atoms with Crippen LogP contribution in [-0.4, -0.2) is 59.5 Å². The second kappa shape index (κ2) is 9.30. The summed E-state index contributed by atoms with van der Waals surface area (Å²) in [7, 11) is 0. The molecular formula is C20H28N4O2S. The summed E-state index contributed by atoms with van der Waals surface area (Å²) >= 11 is 1.70. The summed E-state index contributed by atoms with van der Waals surface area (Å²) < 4.78 is 5.43. The fourth-order valence-corrected chi connectivity index (χ4v) is 3.84. The third kappa shape index (κ3) is 5.51. The number of carbonyl (C=O) groups is 1. The van der Waals surface area contributed by atoms with Gasteiger partial charge < -0.3 is 10.1 Å². The van der Waals surface area contributed by atoms with Crippen LogP contribution in [0.1, 0.15) is 24.5 Å². The molecule has 1 aliphatic rings. The highest BCUT2D eigenvalue weighted by Gasteiger charge is 2.25. The Hall–Kier alpha value is -1.96. The number of aromatic nitrogens is 1. The van der Waals surface area contributed by atoms with Crippen LogP contribution in [0.2, 0.25) is 0 Å². The van der Waals surface area contributed by atoms with Gasteiger partial charge in [0.05, 0.1) is 23.4 Å². The quantitative estimate of drug-likeness (QED) is 0.790. The zero-order valence-corrected chi connectivity index (χ0v) is 17.1. The molecule has 7 heteroatoms. The first kappa shape index (κ1) is 19.8. The van der Waals surface area contributed by atoms with Gasteiger partial charge in [0.2, 0.25) is 5.91 Å². The van der Waals surface area contributed by atoms with Crippen molar-refractivity contribution < 1.29 is 9.53 Å². The second-order valence-corrected chi connectivity index (χ2v) is 7.85. The van der Waals surface area contributed by atoms with Crippen LogP contribution in [-0.2, 0) is 11.3 Å². The van der Waals surface area contributed by atoms with Crippen molar-refractivity contribution in [3.05, 3.63) is 40.3 Å². The number of anilines is 1. The topological polar surface area (TPSA) is 57.7 Å². The highest BCUT2D eigenvalue weighted by Crippen LogP contribution is 2.17. The largest absolute Gasteiger partial charge is 0.494 e. The monoisotopic (exact) mass is 388 g/mol. The van der Waals surface area contributed by atoms with Crippen molar-refractivity contribution in [1.29, 1.82) is 0 Å². The van der Waals surface area contributed by atoms with Gasteiger partial charge in [-0.2, -0.15) is 0 Å². The molecule has 1 unspecified atom stereocenters. The van der Waals surface area contributed by atoms with Crippen molar-refractivity contribution in [1.82, 2.24) is 14.8 Å². The Labute approximate surface area is 165 Å². The van der Waals surface area contributed by atoms with Gasteiger partial charge in [0.15, 0.2) is 0 Å². The van der Waals surface area contributed by atoms with Crippen LogP contribution in [0.5, 0.6) is 5.75 Å². The number of nitrogens with one attached hydrogen (secondary N) is 1. The standard InChI is InChI=1S/C20H28N4O2S/c1-4-26-19-7-5-17(6-8-19)22-20(25)15(2)24-11-9-23(10-12-24)13-18-14-27-16(3)21-18/h5-8,14-15H,4,9-13H2,1-3H3,(H,22,25). The van der Waals surface area contributed by atoms with Crippen molar-refractivity contribution in [3.63, 3.8) is 0 Å². The van der Waals surface area contributed by atoms with Crippen LogP contribution in [0, 0.1) is 6.92 Å². The summed E-state index contributed by atoms with van der Waals surface area (Å²) in [5.74, 6) is 0.845. The number of hydrogen-bond acceptors (Lipinski definition) is 6. The lowest BCUT2D eigenvalue weighted by Gasteiger charge is -2.37. The molecule has 1 aliphatic heterocycles. The number of amides is 1. The number of carbonyl (C=O) groups excluding carboxylic acids is 1. The number of nitrogens with zero attached hydrogens (tertiary/aromatic N) is 3. The highest BCUT2D eigenvalue weighted by atomic mass is 32.1. The summed E-state index contributed by atoms with van der Waals surface area (Å²) in [6, 6.07) is 7.36. The van der Waals surface area contributed by atoms with Crippen molar-refractivity contribution >= 4 is 22.9 Å². The Balaban J connectivity index is 1.46. The number of rotatable bonds is 7. The summed E-state index contributed by atoms with van der Waals surface area (Å²) in [5, 5.41) is 6.25. The van der Waals surface area contributed by atoms with Gasteiger partial charge in [-0.05, 0) is 45.0 Å². The van der Waals surface area contributed by atoms with Gasteiger partial charge in [0.1, 0.15) is 5.75 Å². The van der Waals surface area contributed by atoms with Gasteiger partial charge in [0, 0.05) is 43.8 Å². The van der Waals surface area contributed by atoms with Crippen LogP contribution in [0.3, 0.4) is 0 Å². The summed E-state index contributed by atoms with van der Waals surface area (Å²) in [6.45, 7) is 11.2. The predicted molar refractivity (Wildman–Crippen MR) is 109 cm³/mol. The highest BCUT2D eigenvalue weighted by molar-refractivity contribution is 7.09. The number of ether oxygens (including phenoxy) is 1. The lowest BCUT2D eigenvalue weighted by molar-refractivity contribution is -0.121. The normalized spacial score (nSPS) is 16.9. The minimum absolute atomic E-state index is 0.0303. The fourth-order valence-electron chi connectivity index (χ4n) is 3.23. The molecule has 146 valence electrons. The molecule has 2 aromatic rings. The van der Waals surface area contributed by atoms with Gasteiger partial charge in [-0.15, -0.1) is 11.3 Å². The average molecular weight is 389 g/mol. The predicted octanol–water partition coefficient (Wildman–Crippen LogP) is 3.00. The first-order valence-corrected chi connectivity index (χ1v) is 10.3. The smallest absolute Gasteiger partial charge is 0.241 e. The second-order valence-electron chi connectivity index (χ2n) is 6.79. The van der Waals surface area contributed by atoms with Crippen LogP contribution >= 0.6 is 11.3 Å². The summed E-state index contributed by atoms with van der Waals surface area (Å²) in [5.41, 5.74) is 1.94. The molecule has 1 saturated heterocycles. The molecule has 0 spiro atoms. The van der Waals surface area contributed by atoms with E-state index in [1.165, 1.54) is 0 Å². The van der Waals surface area contributed by atoms with E-state index in [0.29, 0.717) is 6.61 Å². The van der Waals surface area contributed by atoms with Crippen molar-refractivity contribution in [2.45, 2.75) is 33.4 Å². The molecule has 0 bridgehead atoms. The Morgan fingerprint density at radius 2 is 1.96 bits per heavy atom. The Morgan fingerprint density at radius 3 is 2.56 bits per heavy atom. The maximum atomic E-state index is 12.6. The molecule has 27 heavy (non-hydrogen) atoms. The Kier molecular flexibility index (Phi) is 6.82. The molecule has 1 aromatic heterocycles. The van der Waals surface area contributed by atoms with Crippen LogP contribution in [0.4, 0.5) is 5.69 Å². The zero-order chi connectivity index (χ0) is 19.2. The fraction of sp³-hybridized carbons (Fsp3) is 0.500. The minimum Gasteiger partial charge on any atom is -0.494 e. The Bertz CT molecular complexity index is 739. The lowest BCUT2D eigenvalue weighted by Crippen LogP contribution is -2.52. The lowest BCUT2D eigenvalue weighted by atomic mass is 10.2. The first-order valence-electron chi connectivity index (χ1n) is 9.46. The molecule has 6 nitrogen and oxygen atoms in total. The third-order valence-corrected chi connectivity index (χ3v) is 5.64. The van der Waals surface area contributed by atoms with Crippen molar-refractivity contribution in [2.75, 3.05) is 38.1 Å². The molecule has 0 aliphatic carbocycles. The summed E-state index contributed by atoms with van der Waals surface area (Å²) in [4.78, 5) is 21.8. The molecule has 1 aromatic carbocycles. The molecule has 3 rings (SSSR count). The number of piperazine rings is 1. The molecule has 0 saturated carbocycles. The van der Waals surface area contributed by atoms with Gasteiger partial charge >= 0.3 is 0 Å².